The SMILES string of the molecule is c1cncc(Oc2ccc(-c3ccc(N4CCCC4)nc3)cc2)c1. The minimum absolute atomic E-state index is 0.738. The molecule has 3 heterocycles. The number of hydrogen-bond donors (Lipinski definition) is 0. The number of ether oxygens (including phenoxy) is 1. The molecule has 1 fully saturated rings. The number of nitrogens with zero attached hydrogens (tertiary/aromatic N) is 3. The van der Waals surface area contributed by atoms with Gasteiger partial charge in [0.2, 0.25) is 0 Å². The molecule has 1 aromatic carbocycles. The first kappa shape index (κ1) is 14.7. The van der Waals surface area contributed by atoms with Crippen LogP contribution in [0, 0.1) is 0 Å². The van der Waals surface area contributed by atoms with Crippen molar-refractivity contribution < 1.29 is 4.74 Å². The summed E-state index contributed by atoms with van der Waals surface area (Å²) in [6.07, 6.45) is 7.91. The van der Waals surface area contributed by atoms with E-state index in [2.05, 4.69) is 39.1 Å². The second kappa shape index (κ2) is 6.71. The Hall–Kier alpha value is -2.88. The summed E-state index contributed by atoms with van der Waals surface area (Å²) in [5.74, 6) is 2.61. The summed E-state index contributed by atoms with van der Waals surface area (Å²) in [4.78, 5) is 11.0. The van der Waals surface area contributed by atoms with E-state index in [9.17, 15) is 0 Å². The van der Waals surface area contributed by atoms with Crippen molar-refractivity contribution in [3.8, 4) is 22.6 Å². The third-order valence-electron chi connectivity index (χ3n) is 4.24. The third kappa shape index (κ3) is 3.23. The maximum Gasteiger partial charge on any atom is 0.145 e. The normalized spacial score (nSPS) is 13.9. The molecule has 1 saturated heterocycles. The molecule has 4 heteroatoms. The van der Waals surface area contributed by atoms with Gasteiger partial charge in [-0.2, -0.15) is 0 Å². The minimum atomic E-state index is 0.738. The zero-order chi connectivity index (χ0) is 16.2. The molecule has 0 N–H and O–H groups in total. The molecule has 2 aromatic heterocycles. The van der Waals surface area contributed by atoms with Gasteiger partial charge in [0.15, 0.2) is 0 Å². The number of aromatic nitrogens is 2. The standard InChI is InChI=1S/C20H19N3O/c1-2-13-23(12-1)20-10-7-17(14-22-20)16-5-8-18(9-6-16)24-19-4-3-11-21-15-19/h3-11,14-15H,1-2,12-13H2. The van der Waals surface area contributed by atoms with Crippen LogP contribution in [0.3, 0.4) is 0 Å². The second-order valence-corrected chi connectivity index (χ2v) is 5.91. The Bertz CT molecular complexity index is 779. The van der Waals surface area contributed by atoms with Gasteiger partial charge in [0.25, 0.3) is 0 Å². The molecular formula is C20H19N3O. The topological polar surface area (TPSA) is 38.2 Å². The predicted octanol–water partition coefficient (Wildman–Crippen LogP) is 4.54. The molecule has 1 aliphatic heterocycles. The quantitative estimate of drug-likeness (QED) is 0.708. The summed E-state index contributed by atoms with van der Waals surface area (Å²) >= 11 is 0. The van der Waals surface area contributed by atoms with Crippen LogP contribution in [0.4, 0.5) is 5.82 Å². The summed E-state index contributed by atoms with van der Waals surface area (Å²) in [6.45, 7) is 2.24. The van der Waals surface area contributed by atoms with E-state index in [0.29, 0.717) is 0 Å². The largest absolute Gasteiger partial charge is 0.456 e. The summed E-state index contributed by atoms with van der Waals surface area (Å²) in [6, 6.07) is 16.0. The molecule has 0 atom stereocenters. The summed E-state index contributed by atoms with van der Waals surface area (Å²) in [5.41, 5.74) is 2.25. The Morgan fingerprint density at radius 3 is 2.25 bits per heavy atom. The van der Waals surface area contributed by atoms with E-state index < -0.39 is 0 Å². The Morgan fingerprint density at radius 2 is 1.58 bits per heavy atom. The molecule has 0 amide bonds. The molecule has 1 aliphatic rings. The zero-order valence-electron chi connectivity index (χ0n) is 13.4. The van der Waals surface area contributed by atoms with Gasteiger partial charge in [0.05, 0.1) is 6.20 Å². The van der Waals surface area contributed by atoms with Crippen molar-refractivity contribution in [2.24, 2.45) is 0 Å². The average Bonchev–Trinajstić information content (AvgIpc) is 3.18. The van der Waals surface area contributed by atoms with Gasteiger partial charge in [-0.15, -0.1) is 0 Å². The zero-order valence-corrected chi connectivity index (χ0v) is 13.4. The van der Waals surface area contributed by atoms with Crippen molar-refractivity contribution in [1.82, 2.24) is 9.97 Å². The first-order valence-electron chi connectivity index (χ1n) is 8.28. The maximum absolute atomic E-state index is 5.77. The highest BCUT2D eigenvalue weighted by molar-refractivity contribution is 5.64. The molecular weight excluding hydrogens is 298 g/mol. The molecule has 3 aromatic rings. The van der Waals surface area contributed by atoms with Gasteiger partial charge in [-0.1, -0.05) is 12.1 Å². The first-order chi connectivity index (χ1) is 11.9. The Morgan fingerprint density at radius 1 is 0.792 bits per heavy atom. The number of hydrogen-bond acceptors (Lipinski definition) is 4. The summed E-state index contributed by atoms with van der Waals surface area (Å²) in [5, 5.41) is 0. The molecule has 0 aliphatic carbocycles. The van der Waals surface area contributed by atoms with Crippen LogP contribution >= 0.6 is 0 Å². The molecule has 120 valence electrons. The van der Waals surface area contributed by atoms with Crippen LogP contribution in [-0.4, -0.2) is 23.1 Å². The van der Waals surface area contributed by atoms with Crippen LogP contribution in [-0.2, 0) is 0 Å². The van der Waals surface area contributed by atoms with Crippen molar-refractivity contribution in [1.29, 1.82) is 0 Å². The molecule has 0 unspecified atom stereocenters. The molecule has 4 nitrogen and oxygen atoms in total. The first-order valence-corrected chi connectivity index (χ1v) is 8.28. The highest BCUT2D eigenvalue weighted by Gasteiger charge is 2.13. The lowest BCUT2D eigenvalue weighted by Crippen LogP contribution is -2.18. The fourth-order valence-corrected chi connectivity index (χ4v) is 2.95. The third-order valence-corrected chi connectivity index (χ3v) is 4.24. The van der Waals surface area contributed by atoms with E-state index in [0.717, 1.165) is 41.5 Å². The van der Waals surface area contributed by atoms with E-state index in [4.69, 9.17) is 4.74 Å². The number of anilines is 1. The van der Waals surface area contributed by atoms with Crippen molar-refractivity contribution in [2.75, 3.05) is 18.0 Å². The van der Waals surface area contributed by atoms with Crippen LogP contribution in [0.1, 0.15) is 12.8 Å². The number of benzene rings is 1. The molecule has 0 saturated carbocycles. The summed E-state index contributed by atoms with van der Waals surface area (Å²) in [7, 11) is 0. The van der Waals surface area contributed by atoms with Gasteiger partial charge in [-0.25, -0.2) is 4.98 Å². The van der Waals surface area contributed by atoms with E-state index in [1.165, 1.54) is 12.8 Å². The minimum Gasteiger partial charge on any atom is -0.456 e. The molecule has 0 radical (unpaired) electrons. The van der Waals surface area contributed by atoms with Crippen LogP contribution < -0.4 is 9.64 Å². The van der Waals surface area contributed by atoms with E-state index >= 15 is 0 Å². The highest BCUT2D eigenvalue weighted by atomic mass is 16.5. The molecule has 24 heavy (non-hydrogen) atoms. The van der Waals surface area contributed by atoms with Crippen molar-refractivity contribution in [3.63, 3.8) is 0 Å². The Kier molecular flexibility index (Phi) is 4.11. The maximum atomic E-state index is 5.77. The highest BCUT2D eigenvalue weighted by Crippen LogP contribution is 2.26. The van der Waals surface area contributed by atoms with Crippen molar-refractivity contribution >= 4 is 5.82 Å². The van der Waals surface area contributed by atoms with Crippen LogP contribution in [0.2, 0.25) is 0 Å². The lowest BCUT2D eigenvalue weighted by molar-refractivity contribution is 0.480. The predicted molar refractivity (Wildman–Crippen MR) is 95.4 cm³/mol. The molecule has 0 bridgehead atoms. The van der Waals surface area contributed by atoms with Crippen molar-refractivity contribution in [3.05, 3.63) is 67.1 Å². The average molecular weight is 317 g/mol. The number of rotatable bonds is 4. The lowest BCUT2D eigenvalue weighted by Gasteiger charge is -2.16. The smallest absolute Gasteiger partial charge is 0.145 e. The van der Waals surface area contributed by atoms with Gasteiger partial charge in [0.1, 0.15) is 17.3 Å². The van der Waals surface area contributed by atoms with E-state index in [1.807, 2.05) is 30.5 Å². The fourth-order valence-electron chi connectivity index (χ4n) is 2.95. The summed E-state index contributed by atoms with van der Waals surface area (Å²) < 4.78 is 5.77. The van der Waals surface area contributed by atoms with Crippen LogP contribution in [0.15, 0.2) is 67.1 Å². The fraction of sp³-hybridized carbons (Fsp3) is 0.200. The van der Waals surface area contributed by atoms with Gasteiger partial charge in [0, 0.05) is 31.0 Å². The lowest BCUT2D eigenvalue weighted by atomic mass is 10.1. The van der Waals surface area contributed by atoms with Gasteiger partial charge in [-0.3, -0.25) is 4.98 Å². The number of pyridine rings is 2. The van der Waals surface area contributed by atoms with Gasteiger partial charge in [-0.05, 0) is 54.8 Å². The Labute approximate surface area is 141 Å². The second-order valence-electron chi connectivity index (χ2n) is 5.91. The van der Waals surface area contributed by atoms with Crippen molar-refractivity contribution in [2.45, 2.75) is 12.8 Å². The van der Waals surface area contributed by atoms with Gasteiger partial charge >= 0.3 is 0 Å². The molecule has 0 spiro atoms. The monoisotopic (exact) mass is 317 g/mol. The van der Waals surface area contributed by atoms with Crippen LogP contribution in [0.25, 0.3) is 11.1 Å². The Balaban J connectivity index is 1.48. The van der Waals surface area contributed by atoms with E-state index in [-0.39, 0.29) is 0 Å². The van der Waals surface area contributed by atoms with Gasteiger partial charge < -0.3 is 9.64 Å². The van der Waals surface area contributed by atoms with E-state index in [1.54, 1.807) is 12.4 Å². The molecule has 4 rings (SSSR count). The van der Waals surface area contributed by atoms with Crippen LogP contribution in [0.5, 0.6) is 11.5 Å².